The minimum Gasteiger partial charge on any atom is -0.492 e. The normalized spacial score (nSPS) is 23.8. The third-order valence-corrected chi connectivity index (χ3v) is 8.71. The molecule has 1 N–H and O–H groups in total. The van der Waals surface area contributed by atoms with Crippen molar-refractivity contribution in [1.29, 1.82) is 5.26 Å². The second-order valence-electron chi connectivity index (χ2n) is 8.26. The number of carbonyl (C=O) groups excluding carboxylic acids is 1. The third kappa shape index (κ3) is 4.57. The standard InChI is InChI=1S/C22H21ClFN3O4S/c23-19-9-15(24)3-4-20(19)32(29,30)17-8-14(12-31-16-2-1-7-26-11-16)18(10-17)21(28)27-22(13-25)5-6-22/h1-4,7,9,11,14,17-18H,5-6,8,10,12H2,(H,27,28)/t14-,17-,18+/m0/s1. The summed E-state index contributed by atoms with van der Waals surface area (Å²) in [5.41, 5.74) is -0.858. The lowest BCUT2D eigenvalue weighted by Crippen LogP contribution is -2.41. The van der Waals surface area contributed by atoms with Crippen molar-refractivity contribution >= 4 is 27.3 Å². The van der Waals surface area contributed by atoms with Crippen molar-refractivity contribution in [3.05, 3.63) is 53.6 Å². The van der Waals surface area contributed by atoms with Crippen LogP contribution in [0.15, 0.2) is 47.6 Å². The molecule has 0 aliphatic heterocycles. The summed E-state index contributed by atoms with van der Waals surface area (Å²) in [5, 5.41) is 11.0. The van der Waals surface area contributed by atoms with E-state index in [4.69, 9.17) is 16.3 Å². The number of nitrogens with one attached hydrogen (secondary N) is 1. The Labute approximate surface area is 190 Å². The van der Waals surface area contributed by atoms with E-state index in [2.05, 4.69) is 16.4 Å². The SMILES string of the molecule is N#CC1(NC(=O)[C@@H]2C[C@@H](S(=O)(=O)c3ccc(F)cc3Cl)C[C@H]2COc2cccnc2)CC1. The van der Waals surface area contributed by atoms with Crippen LogP contribution in [0, 0.1) is 29.0 Å². The fourth-order valence-corrected chi connectivity index (χ4v) is 6.47. The fraction of sp³-hybridized carbons (Fsp3) is 0.409. The van der Waals surface area contributed by atoms with Gasteiger partial charge in [-0.15, -0.1) is 0 Å². The van der Waals surface area contributed by atoms with Gasteiger partial charge in [-0.05, 0) is 56.0 Å². The van der Waals surface area contributed by atoms with E-state index in [0.717, 1.165) is 18.2 Å². The summed E-state index contributed by atoms with van der Waals surface area (Å²) in [6, 6.07) is 8.70. The van der Waals surface area contributed by atoms with E-state index in [1.54, 1.807) is 18.3 Å². The lowest BCUT2D eigenvalue weighted by atomic mass is 9.95. The maximum atomic E-state index is 13.4. The Hall–Kier alpha value is -2.70. The Balaban J connectivity index is 1.56. The number of hydrogen-bond acceptors (Lipinski definition) is 6. The number of pyridine rings is 1. The van der Waals surface area contributed by atoms with Gasteiger partial charge in [-0.3, -0.25) is 9.78 Å². The molecular formula is C22H21ClFN3O4S. The van der Waals surface area contributed by atoms with Crippen molar-refractivity contribution in [3.63, 3.8) is 0 Å². The molecule has 0 saturated heterocycles. The van der Waals surface area contributed by atoms with Crippen LogP contribution in [-0.2, 0) is 14.6 Å². The third-order valence-electron chi connectivity index (χ3n) is 6.05. The number of nitriles is 1. The molecular weight excluding hydrogens is 457 g/mol. The quantitative estimate of drug-likeness (QED) is 0.613. The minimum atomic E-state index is -3.91. The van der Waals surface area contributed by atoms with Crippen molar-refractivity contribution in [2.24, 2.45) is 11.8 Å². The van der Waals surface area contributed by atoms with Crippen molar-refractivity contribution in [2.75, 3.05) is 6.61 Å². The molecule has 4 rings (SSSR count). The number of rotatable bonds is 7. The summed E-state index contributed by atoms with van der Waals surface area (Å²) in [6.45, 7) is 0.118. The summed E-state index contributed by atoms with van der Waals surface area (Å²) < 4.78 is 45.7. The Kier molecular flexibility index (Phi) is 6.10. The van der Waals surface area contributed by atoms with Crippen LogP contribution in [0.2, 0.25) is 5.02 Å². The first-order chi connectivity index (χ1) is 15.2. The first-order valence-electron chi connectivity index (χ1n) is 10.2. The largest absolute Gasteiger partial charge is 0.492 e. The number of nitrogens with zero attached hydrogens (tertiary/aromatic N) is 2. The molecule has 0 bridgehead atoms. The molecule has 168 valence electrons. The Morgan fingerprint density at radius 1 is 1.34 bits per heavy atom. The van der Waals surface area contributed by atoms with Gasteiger partial charge < -0.3 is 10.1 Å². The molecule has 2 saturated carbocycles. The van der Waals surface area contributed by atoms with Gasteiger partial charge in [0.05, 0.1) is 34.0 Å². The molecule has 32 heavy (non-hydrogen) atoms. The fourth-order valence-electron chi connectivity index (χ4n) is 4.07. The van der Waals surface area contributed by atoms with Gasteiger partial charge in [-0.25, -0.2) is 12.8 Å². The predicted molar refractivity (Wildman–Crippen MR) is 114 cm³/mol. The van der Waals surface area contributed by atoms with Crippen molar-refractivity contribution in [1.82, 2.24) is 10.3 Å². The van der Waals surface area contributed by atoms with E-state index >= 15 is 0 Å². The van der Waals surface area contributed by atoms with Crippen LogP contribution in [-0.4, -0.2) is 36.7 Å². The Morgan fingerprint density at radius 3 is 2.75 bits per heavy atom. The average Bonchev–Trinajstić information content (AvgIpc) is 3.39. The van der Waals surface area contributed by atoms with Gasteiger partial charge in [-0.1, -0.05) is 11.6 Å². The topological polar surface area (TPSA) is 109 Å². The predicted octanol–water partition coefficient (Wildman–Crippen LogP) is 3.29. The zero-order chi connectivity index (χ0) is 22.9. The number of halogens is 2. The summed E-state index contributed by atoms with van der Waals surface area (Å²) in [5.74, 6) is -1.53. The highest BCUT2D eigenvalue weighted by Crippen LogP contribution is 2.42. The zero-order valence-corrected chi connectivity index (χ0v) is 18.6. The Morgan fingerprint density at radius 2 is 2.12 bits per heavy atom. The van der Waals surface area contributed by atoms with Crippen LogP contribution in [0.5, 0.6) is 5.75 Å². The molecule has 1 amide bonds. The van der Waals surface area contributed by atoms with Gasteiger partial charge in [0, 0.05) is 18.0 Å². The van der Waals surface area contributed by atoms with E-state index in [9.17, 15) is 22.9 Å². The van der Waals surface area contributed by atoms with Gasteiger partial charge in [0.15, 0.2) is 9.84 Å². The minimum absolute atomic E-state index is 0.0600. The lowest BCUT2D eigenvalue weighted by molar-refractivity contribution is -0.127. The molecule has 2 aromatic rings. The average molecular weight is 478 g/mol. The van der Waals surface area contributed by atoms with Crippen LogP contribution < -0.4 is 10.1 Å². The first-order valence-corrected chi connectivity index (χ1v) is 12.1. The molecule has 1 heterocycles. The van der Waals surface area contributed by atoms with Gasteiger partial charge in [-0.2, -0.15) is 5.26 Å². The number of carbonyl (C=O) groups is 1. The molecule has 0 spiro atoms. The highest BCUT2D eigenvalue weighted by molar-refractivity contribution is 7.92. The zero-order valence-electron chi connectivity index (χ0n) is 17.0. The molecule has 2 aliphatic carbocycles. The molecule has 0 unspecified atom stereocenters. The highest BCUT2D eigenvalue weighted by atomic mass is 35.5. The van der Waals surface area contributed by atoms with Crippen LogP contribution in [0.1, 0.15) is 25.7 Å². The number of ether oxygens (including phenoxy) is 1. The number of hydrogen-bond donors (Lipinski definition) is 1. The van der Waals surface area contributed by atoms with E-state index in [-0.39, 0.29) is 35.3 Å². The summed E-state index contributed by atoms with van der Waals surface area (Å²) in [4.78, 5) is 16.8. The van der Waals surface area contributed by atoms with Gasteiger partial charge >= 0.3 is 0 Å². The molecule has 10 heteroatoms. The van der Waals surface area contributed by atoms with Gasteiger partial charge in [0.25, 0.3) is 0 Å². The molecule has 1 aromatic carbocycles. The summed E-state index contributed by atoms with van der Waals surface area (Å²) in [6.07, 6.45) is 4.52. The van der Waals surface area contributed by atoms with E-state index in [1.807, 2.05) is 0 Å². The first kappa shape index (κ1) is 22.5. The van der Waals surface area contributed by atoms with Crippen LogP contribution in [0.3, 0.4) is 0 Å². The molecule has 7 nitrogen and oxygen atoms in total. The van der Waals surface area contributed by atoms with Gasteiger partial charge in [0.1, 0.15) is 17.1 Å². The molecule has 1 aromatic heterocycles. The number of aromatic nitrogens is 1. The molecule has 2 aliphatic rings. The number of sulfone groups is 1. The van der Waals surface area contributed by atoms with Crippen molar-refractivity contribution in [2.45, 2.75) is 41.4 Å². The highest BCUT2D eigenvalue weighted by Gasteiger charge is 2.50. The van der Waals surface area contributed by atoms with Crippen LogP contribution in [0.25, 0.3) is 0 Å². The maximum Gasteiger partial charge on any atom is 0.224 e. The van der Waals surface area contributed by atoms with E-state index < -0.39 is 38.3 Å². The lowest BCUT2D eigenvalue weighted by Gasteiger charge is -2.20. The van der Waals surface area contributed by atoms with Crippen LogP contribution in [0.4, 0.5) is 4.39 Å². The van der Waals surface area contributed by atoms with E-state index in [0.29, 0.717) is 18.6 Å². The number of amides is 1. The van der Waals surface area contributed by atoms with Crippen molar-refractivity contribution < 1.29 is 22.3 Å². The second kappa shape index (κ2) is 8.68. The van der Waals surface area contributed by atoms with Crippen molar-refractivity contribution in [3.8, 4) is 11.8 Å². The smallest absolute Gasteiger partial charge is 0.224 e. The molecule has 3 atom stereocenters. The monoisotopic (exact) mass is 477 g/mol. The maximum absolute atomic E-state index is 13.4. The molecule has 2 fully saturated rings. The second-order valence-corrected chi connectivity index (χ2v) is 10.9. The number of benzene rings is 1. The van der Waals surface area contributed by atoms with E-state index in [1.165, 1.54) is 6.20 Å². The Bertz CT molecular complexity index is 1170. The summed E-state index contributed by atoms with van der Waals surface area (Å²) in [7, 11) is -3.91. The van der Waals surface area contributed by atoms with Crippen LogP contribution >= 0.6 is 11.6 Å². The van der Waals surface area contributed by atoms with Gasteiger partial charge in [0.2, 0.25) is 5.91 Å². The summed E-state index contributed by atoms with van der Waals surface area (Å²) >= 11 is 6.02. The molecule has 0 radical (unpaired) electrons.